The van der Waals surface area contributed by atoms with Gasteiger partial charge in [0.15, 0.2) is 17.4 Å². The molecule has 0 bridgehead atoms. The molecule has 0 saturated heterocycles. The van der Waals surface area contributed by atoms with Gasteiger partial charge >= 0.3 is 10.2 Å². The van der Waals surface area contributed by atoms with Crippen molar-refractivity contribution in [2.75, 3.05) is 19.4 Å². The number of nitrogens with zero attached hydrogens (tertiary/aromatic N) is 3. The quantitative estimate of drug-likeness (QED) is 0.504. The van der Waals surface area contributed by atoms with Gasteiger partial charge in [-0.15, -0.1) is 8.80 Å². The monoisotopic (exact) mass is 539 g/mol. The van der Waals surface area contributed by atoms with Gasteiger partial charge < -0.3 is 25.1 Å². The highest BCUT2D eigenvalue weighted by atomic mass is 79.9. The molecule has 3 N–H and O–H groups in total. The lowest BCUT2D eigenvalue weighted by molar-refractivity contribution is 0.0824. The second-order valence-electron chi connectivity index (χ2n) is 8.86. The molecule has 1 aliphatic rings. The third kappa shape index (κ3) is 5.38. The van der Waals surface area contributed by atoms with Crippen LogP contribution in [0.5, 0.6) is 5.75 Å². The van der Waals surface area contributed by atoms with E-state index in [2.05, 4.69) is 35.4 Å². The van der Waals surface area contributed by atoms with E-state index in [9.17, 15) is 18.3 Å². The summed E-state index contributed by atoms with van der Waals surface area (Å²) in [5.41, 5.74) is -0.263. The molecule has 1 aromatic carbocycles. The highest BCUT2D eigenvalue weighted by Gasteiger charge is 2.34. The topological polar surface area (TPSA) is 137 Å². The average Bonchev–Trinajstić information content (AvgIpc) is 3.22. The summed E-state index contributed by atoms with van der Waals surface area (Å²) in [5.74, 6) is 0.379. The van der Waals surface area contributed by atoms with Gasteiger partial charge in [-0.2, -0.15) is 8.42 Å². The van der Waals surface area contributed by atoms with E-state index in [-0.39, 0.29) is 34.1 Å². The Morgan fingerprint density at radius 2 is 1.79 bits per heavy atom. The summed E-state index contributed by atoms with van der Waals surface area (Å²) in [4.78, 5) is 13.8. The lowest BCUT2D eigenvalue weighted by Gasteiger charge is -2.30. The van der Waals surface area contributed by atoms with E-state index in [1.165, 1.54) is 11.0 Å². The number of aryl methyl sites for hydroxylation is 1. The maximum Gasteiger partial charge on any atom is 0.367 e. The number of phenols is 1. The minimum Gasteiger partial charge on any atom is -0.505 e. The Morgan fingerprint density at radius 1 is 1.15 bits per heavy atom. The molecule has 1 aromatic heterocycles. The second-order valence-corrected chi connectivity index (χ2v) is 11.0. The maximum absolute atomic E-state index is 12.5. The number of furan rings is 1. The maximum atomic E-state index is 12.5. The SMILES string of the molecule is Cc1ccc(C(NC2=NS(=O)(=O)N=C2Nc2ccc(Br)c(C(=O)N(C)C)c2O)C(C)(C)C)o1. The lowest BCUT2D eigenvalue weighted by Crippen LogP contribution is -2.41. The van der Waals surface area contributed by atoms with Gasteiger partial charge in [0.25, 0.3) is 5.91 Å². The largest absolute Gasteiger partial charge is 0.505 e. The summed E-state index contributed by atoms with van der Waals surface area (Å²) in [7, 11) is -1.03. The number of anilines is 1. The minimum absolute atomic E-state index is 0.0246. The van der Waals surface area contributed by atoms with Crippen LogP contribution in [0.15, 0.2) is 42.0 Å². The number of carbonyl (C=O) groups excluding carboxylic acids is 1. The number of hydrogen-bond donors (Lipinski definition) is 3. The van der Waals surface area contributed by atoms with E-state index in [0.717, 1.165) is 0 Å². The fourth-order valence-corrected chi connectivity index (χ4v) is 4.46. The molecule has 0 saturated carbocycles. The number of phenolic OH excluding ortho intramolecular Hbond substituents is 1. The number of benzene rings is 1. The van der Waals surface area contributed by atoms with Crippen molar-refractivity contribution in [3.63, 3.8) is 0 Å². The van der Waals surface area contributed by atoms with Gasteiger partial charge in [-0.05, 0) is 52.5 Å². The molecule has 33 heavy (non-hydrogen) atoms. The average molecular weight is 540 g/mol. The van der Waals surface area contributed by atoms with Crippen LogP contribution in [0, 0.1) is 12.3 Å². The summed E-state index contributed by atoms with van der Waals surface area (Å²) >= 11 is 3.27. The summed E-state index contributed by atoms with van der Waals surface area (Å²) in [6, 6.07) is 6.26. The van der Waals surface area contributed by atoms with Crippen molar-refractivity contribution in [3.8, 4) is 5.75 Å². The molecule has 0 fully saturated rings. The Morgan fingerprint density at radius 3 is 2.33 bits per heavy atom. The number of amides is 1. The molecular formula is C21H26BrN5O5S. The molecule has 1 atom stereocenters. The Kier molecular flexibility index (Phi) is 6.62. The van der Waals surface area contributed by atoms with Crippen LogP contribution in [-0.4, -0.2) is 50.1 Å². The second kappa shape index (κ2) is 8.82. The zero-order valence-corrected chi connectivity index (χ0v) is 21.5. The molecule has 12 heteroatoms. The summed E-state index contributed by atoms with van der Waals surface area (Å²) < 4.78 is 38.0. The molecule has 2 aromatic rings. The number of hydrogen-bond acceptors (Lipinski definition) is 7. The molecule has 0 aliphatic carbocycles. The number of aromatic hydroxyl groups is 1. The third-order valence-corrected chi connectivity index (χ3v) is 6.32. The summed E-state index contributed by atoms with van der Waals surface area (Å²) in [6.45, 7) is 7.72. The Balaban J connectivity index is 1.98. The van der Waals surface area contributed by atoms with E-state index >= 15 is 0 Å². The van der Waals surface area contributed by atoms with Gasteiger partial charge in [-0.3, -0.25) is 4.79 Å². The van der Waals surface area contributed by atoms with E-state index < -0.39 is 22.2 Å². The standard InChI is InChI=1S/C21H26BrN5O5S/c1-11-7-10-14(32-11)17(21(2,3)4)24-19-18(25-33(30,31)26-19)23-13-9-8-12(22)15(16(13)28)20(29)27(5)6/h7-10,17,28H,1-6H3,(H,23,25)(H,24,26). The van der Waals surface area contributed by atoms with Gasteiger partial charge in [0, 0.05) is 18.6 Å². The van der Waals surface area contributed by atoms with Crippen LogP contribution in [0.4, 0.5) is 5.69 Å². The first kappa shape index (κ1) is 24.8. The van der Waals surface area contributed by atoms with Crippen molar-refractivity contribution in [1.29, 1.82) is 0 Å². The van der Waals surface area contributed by atoms with Crippen LogP contribution in [-0.2, 0) is 10.2 Å². The van der Waals surface area contributed by atoms with Crippen LogP contribution in [0.3, 0.4) is 0 Å². The predicted octanol–water partition coefficient (Wildman–Crippen LogP) is 3.60. The van der Waals surface area contributed by atoms with Crippen LogP contribution in [0.2, 0.25) is 0 Å². The zero-order valence-electron chi connectivity index (χ0n) is 19.1. The molecule has 1 aliphatic heterocycles. The van der Waals surface area contributed by atoms with Gasteiger partial charge in [-0.1, -0.05) is 20.8 Å². The smallest absolute Gasteiger partial charge is 0.367 e. The van der Waals surface area contributed by atoms with Gasteiger partial charge in [-0.25, -0.2) is 0 Å². The molecule has 178 valence electrons. The Bertz CT molecular complexity index is 1260. The lowest BCUT2D eigenvalue weighted by atomic mass is 9.85. The minimum atomic E-state index is -4.14. The predicted molar refractivity (Wildman–Crippen MR) is 130 cm³/mol. The molecule has 0 radical (unpaired) electrons. The van der Waals surface area contributed by atoms with Gasteiger partial charge in [0.2, 0.25) is 0 Å². The molecule has 10 nitrogen and oxygen atoms in total. The molecule has 2 heterocycles. The first-order valence-electron chi connectivity index (χ1n) is 9.98. The van der Waals surface area contributed by atoms with Crippen LogP contribution in [0.1, 0.15) is 48.7 Å². The Labute approximate surface area is 201 Å². The first-order chi connectivity index (χ1) is 15.2. The van der Waals surface area contributed by atoms with E-state index in [1.807, 2.05) is 39.8 Å². The normalized spacial score (nSPS) is 16.1. The molecule has 1 amide bonds. The van der Waals surface area contributed by atoms with Crippen molar-refractivity contribution >= 4 is 49.4 Å². The van der Waals surface area contributed by atoms with Crippen molar-refractivity contribution in [3.05, 3.63) is 45.8 Å². The molecule has 0 spiro atoms. The van der Waals surface area contributed by atoms with Crippen molar-refractivity contribution in [1.82, 2.24) is 10.2 Å². The first-order valence-corrected chi connectivity index (χ1v) is 12.2. The molecule has 3 rings (SSSR count). The summed E-state index contributed by atoms with van der Waals surface area (Å²) in [5, 5.41) is 16.6. The number of amidine groups is 2. The third-order valence-electron chi connectivity index (χ3n) is 4.83. The van der Waals surface area contributed by atoms with Crippen molar-refractivity contribution in [2.24, 2.45) is 14.2 Å². The van der Waals surface area contributed by atoms with Gasteiger partial charge in [0.05, 0.1) is 17.3 Å². The highest BCUT2D eigenvalue weighted by Crippen LogP contribution is 2.36. The fourth-order valence-electron chi connectivity index (χ4n) is 3.20. The molecular weight excluding hydrogens is 514 g/mol. The number of carbonyl (C=O) groups is 1. The van der Waals surface area contributed by atoms with Gasteiger partial charge in [0.1, 0.15) is 11.5 Å². The van der Waals surface area contributed by atoms with Crippen LogP contribution < -0.4 is 10.6 Å². The number of nitrogens with one attached hydrogen (secondary N) is 2. The zero-order chi connectivity index (χ0) is 24.7. The van der Waals surface area contributed by atoms with E-state index in [1.54, 1.807) is 20.2 Å². The summed E-state index contributed by atoms with van der Waals surface area (Å²) in [6.07, 6.45) is 0. The highest BCUT2D eigenvalue weighted by molar-refractivity contribution is 9.10. The van der Waals surface area contributed by atoms with Crippen LogP contribution >= 0.6 is 15.9 Å². The van der Waals surface area contributed by atoms with Crippen molar-refractivity contribution in [2.45, 2.75) is 33.7 Å². The number of halogens is 1. The van der Waals surface area contributed by atoms with Crippen LogP contribution in [0.25, 0.3) is 0 Å². The fraction of sp³-hybridized carbons (Fsp3) is 0.381. The van der Waals surface area contributed by atoms with E-state index in [4.69, 9.17) is 4.42 Å². The van der Waals surface area contributed by atoms with E-state index in [0.29, 0.717) is 16.0 Å². The number of rotatable bonds is 4. The molecule has 1 unspecified atom stereocenters. The van der Waals surface area contributed by atoms with Crippen molar-refractivity contribution < 1.29 is 22.7 Å². The Hall–Kier alpha value is -2.86.